The van der Waals surface area contributed by atoms with Gasteiger partial charge in [-0.25, -0.2) is 29.9 Å². The van der Waals surface area contributed by atoms with Crippen LogP contribution in [0.1, 0.15) is 161 Å². The molecule has 0 radical (unpaired) electrons. The van der Waals surface area contributed by atoms with E-state index in [1.807, 2.05) is 195 Å². The zero-order valence-corrected chi connectivity index (χ0v) is 55.7. The van der Waals surface area contributed by atoms with Crippen LogP contribution in [0.3, 0.4) is 0 Å². The molecule has 12 rings (SSSR count). The van der Waals surface area contributed by atoms with Crippen LogP contribution in [0, 0.1) is 20.8 Å². The number of aromatic nitrogens is 12. The van der Waals surface area contributed by atoms with E-state index in [1.165, 1.54) is 19.3 Å². The Balaban J connectivity index is 0.000000554. The molecule has 0 aliphatic carbocycles. The average Bonchev–Trinajstić information content (AvgIpc) is 4.29. The Hall–Kier alpha value is -7.37. The summed E-state index contributed by atoms with van der Waals surface area (Å²) in [6, 6.07) is 12.6. The molecule has 17 heteroatoms. The van der Waals surface area contributed by atoms with E-state index in [9.17, 15) is 0 Å². The first-order valence-corrected chi connectivity index (χ1v) is 31.8. The van der Waals surface area contributed by atoms with Crippen LogP contribution in [-0.4, -0.2) is 124 Å². The van der Waals surface area contributed by atoms with Gasteiger partial charge in [0.15, 0.2) is 16.9 Å². The minimum atomic E-state index is 0.756. The predicted octanol–water partition coefficient (Wildman–Crippen LogP) is 15.8. The zero-order valence-electron chi connectivity index (χ0n) is 55.7. The molecule has 3 aliphatic heterocycles. The number of pyridine rings is 3. The van der Waals surface area contributed by atoms with Gasteiger partial charge in [0.2, 0.25) is 0 Å². The van der Waals surface area contributed by atoms with Crippen molar-refractivity contribution in [3.63, 3.8) is 0 Å². The first-order chi connectivity index (χ1) is 41.5. The number of hydrogen-bond donors (Lipinski definition) is 1. The molecule has 1 N–H and O–H groups in total. The van der Waals surface area contributed by atoms with Crippen LogP contribution in [-0.2, 0) is 4.74 Å². The van der Waals surface area contributed by atoms with Gasteiger partial charge >= 0.3 is 0 Å². The standard InChI is InChI=1S/C17H19N5.C16H18N6.C16H17N5O.9C2H6/c1-13-17(22-10-7-18-12-16(22)20-13)14-5-6-19-15(11-14)21-8-3-2-4-9-21;1-12-16(22-9-6-18-11-15(22)20-12)13-2-3-19-14(10-13)21-7-4-17-5-8-21;1-12-16(21-5-4-17-11-15(21)19-12)13-2-3-18-14(10-13)20-6-8-22-9-7-20;9*1-2/h5-7,10-12H,2-4,8-9H2,1H3;2-3,6,9-11,17H,4-5,7-8H2,1H3;2-5,10-11H,6-9H2,1H3;9*1-2H3. The van der Waals surface area contributed by atoms with Crippen LogP contribution in [0.25, 0.3) is 50.7 Å². The molecule has 12 heterocycles. The highest BCUT2D eigenvalue weighted by molar-refractivity contribution is 5.71. The van der Waals surface area contributed by atoms with Crippen molar-refractivity contribution in [1.82, 2.24) is 63.4 Å². The molecule has 0 bridgehead atoms. The maximum absolute atomic E-state index is 5.41. The molecule has 0 aromatic carbocycles. The smallest absolute Gasteiger partial charge is 0.156 e. The number of rotatable bonds is 6. The van der Waals surface area contributed by atoms with Gasteiger partial charge in [0.05, 0.1) is 66.0 Å². The predicted molar refractivity (Wildman–Crippen MR) is 359 cm³/mol. The average molecular weight is 1150 g/mol. The second-order valence-corrected chi connectivity index (χ2v) is 16.6. The molecule has 3 saturated heterocycles. The Morgan fingerprint density at radius 3 is 0.988 bits per heavy atom. The molecule has 0 saturated carbocycles. The van der Waals surface area contributed by atoms with Crippen molar-refractivity contribution in [2.75, 3.05) is 80.3 Å². The summed E-state index contributed by atoms with van der Waals surface area (Å²) in [6.07, 6.45) is 26.1. The lowest BCUT2D eigenvalue weighted by atomic mass is 10.1. The minimum Gasteiger partial charge on any atom is -0.378 e. The summed E-state index contributed by atoms with van der Waals surface area (Å²) in [6.45, 7) is 51.6. The van der Waals surface area contributed by atoms with Crippen molar-refractivity contribution in [2.45, 2.75) is 165 Å². The monoisotopic (exact) mass is 1150 g/mol. The van der Waals surface area contributed by atoms with Crippen LogP contribution in [0.4, 0.5) is 17.5 Å². The van der Waals surface area contributed by atoms with E-state index in [1.54, 1.807) is 37.2 Å². The Morgan fingerprint density at radius 2 is 0.667 bits per heavy atom. The number of nitrogens with zero attached hydrogens (tertiary/aromatic N) is 15. The highest BCUT2D eigenvalue weighted by atomic mass is 16.5. The quantitative estimate of drug-likeness (QED) is 0.167. The van der Waals surface area contributed by atoms with Gasteiger partial charge in [-0.05, 0) is 76.4 Å². The van der Waals surface area contributed by atoms with Crippen molar-refractivity contribution in [1.29, 1.82) is 0 Å². The lowest BCUT2D eigenvalue weighted by Crippen LogP contribution is -2.43. The molecule has 0 spiro atoms. The topological polar surface area (TPSA) is 160 Å². The van der Waals surface area contributed by atoms with Gasteiger partial charge < -0.3 is 24.8 Å². The fourth-order valence-corrected chi connectivity index (χ4v) is 9.14. The third kappa shape index (κ3) is 20.8. The van der Waals surface area contributed by atoms with Gasteiger partial charge in [-0.3, -0.25) is 28.2 Å². The first-order valence-electron chi connectivity index (χ1n) is 31.8. The number of piperazine rings is 1. The van der Waals surface area contributed by atoms with Crippen LogP contribution < -0.4 is 20.0 Å². The maximum Gasteiger partial charge on any atom is 0.156 e. The number of imidazole rings is 3. The summed E-state index contributed by atoms with van der Waals surface area (Å²) in [4.78, 5) is 46.8. The molecule has 0 unspecified atom stereocenters. The number of nitrogens with one attached hydrogen (secondary N) is 1. The summed E-state index contributed by atoms with van der Waals surface area (Å²) in [7, 11) is 0. The lowest BCUT2D eigenvalue weighted by molar-refractivity contribution is 0.122. The highest BCUT2D eigenvalue weighted by Gasteiger charge is 2.19. The number of piperidine rings is 1. The molecule has 0 atom stereocenters. The zero-order chi connectivity index (χ0) is 62.8. The molecule has 84 heavy (non-hydrogen) atoms. The van der Waals surface area contributed by atoms with Gasteiger partial charge in [-0.1, -0.05) is 125 Å². The number of ether oxygens (including phenoxy) is 1. The lowest BCUT2D eigenvalue weighted by Gasteiger charge is -2.28. The summed E-state index contributed by atoms with van der Waals surface area (Å²) < 4.78 is 11.7. The second kappa shape index (κ2) is 44.2. The van der Waals surface area contributed by atoms with Crippen molar-refractivity contribution in [2.24, 2.45) is 0 Å². The Labute approximate surface area is 506 Å². The largest absolute Gasteiger partial charge is 0.378 e. The number of morpholine rings is 1. The highest BCUT2D eigenvalue weighted by Crippen LogP contribution is 2.30. The normalized spacial score (nSPS) is 12.8. The molecule has 462 valence electrons. The summed E-state index contributed by atoms with van der Waals surface area (Å²) in [5.74, 6) is 3.09. The van der Waals surface area contributed by atoms with E-state index >= 15 is 0 Å². The second-order valence-electron chi connectivity index (χ2n) is 16.6. The third-order valence-electron chi connectivity index (χ3n) is 12.3. The molecule has 3 aliphatic rings. The van der Waals surface area contributed by atoms with Crippen molar-refractivity contribution >= 4 is 34.4 Å². The maximum atomic E-state index is 5.41. The number of anilines is 3. The SMILES string of the molecule is CC.CC.CC.CC.CC.CC.CC.CC.CC.Cc1nc2cnccn2c1-c1ccnc(N2CCCCC2)c1.Cc1nc2cnccn2c1-c1ccnc(N2CCNCC2)c1.Cc1nc2cnccn2c1-c1ccnc(N2CCOCC2)c1. The first kappa shape index (κ1) is 74.6. The van der Waals surface area contributed by atoms with Crippen LogP contribution in [0.15, 0.2) is 111 Å². The van der Waals surface area contributed by atoms with E-state index in [0.29, 0.717) is 0 Å². The number of hydrogen-bond acceptors (Lipinski definition) is 14. The molecule has 9 aromatic heterocycles. The van der Waals surface area contributed by atoms with Crippen LogP contribution in [0.5, 0.6) is 0 Å². The van der Waals surface area contributed by atoms with E-state index in [2.05, 4.69) is 102 Å². The van der Waals surface area contributed by atoms with E-state index in [-0.39, 0.29) is 0 Å². The summed E-state index contributed by atoms with van der Waals surface area (Å²) in [5.41, 5.74) is 12.4. The molecular formula is C67H108N16O. The van der Waals surface area contributed by atoms with Gasteiger partial charge in [0.25, 0.3) is 0 Å². The van der Waals surface area contributed by atoms with Crippen LogP contribution in [0.2, 0.25) is 0 Å². The number of fused-ring (bicyclic) bond motifs is 3. The summed E-state index contributed by atoms with van der Waals surface area (Å²) in [5, 5.41) is 3.37. The Kier molecular flexibility index (Phi) is 39.3. The molecule has 3 fully saturated rings. The fraction of sp³-hybridized carbons (Fsp3) is 0.507. The Bertz CT molecular complexity index is 2750. The third-order valence-corrected chi connectivity index (χ3v) is 12.3. The van der Waals surface area contributed by atoms with Crippen molar-refractivity contribution in [3.8, 4) is 33.8 Å². The summed E-state index contributed by atoms with van der Waals surface area (Å²) >= 11 is 0. The Morgan fingerprint density at radius 1 is 0.369 bits per heavy atom. The van der Waals surface area contributed by atoms with E-state index in [0.717, 1.165) is 151 Å². The van der Waals surface area contributed by atoms with Crippen LogP contribution >= 0.6 is 0 Å². The van der Waals surface area contributed by atoms with Gasteiger partial charge in [-0.15, -0.1) is 0 Å². The van der Waals surface area contributed by atoms with Gasteiger partial charge in [0, 0.05) is 125 Å². The van der Waals surface area contributed by atoms with E-state index < -0.39 is 0 Å². The van der Waals surface area contributed by atoms with Gasteiger partial charge in [-0.2, -0.15) is 0 Å². The van der Waals surface area contributed by atoms with Crippen molar-refractivity contribution < 1.29 is 4.74 Å². The van der Waals surface area contributed by atoms with E-state index in [4.69, 9.17) is 4.74 Å². The van der Waals surface area contributed by atoms with Gasteiger partial charge in [0.1, 0.15) is 17.5 Å². The molecule has 9 aromatic rings. The number of aryl methyl sites for hydroxylation is 3. The molecular weight excluding hydrogens is 1040 g/mol. The van der Waals surface area contributed by atoms with Crippen molar-refractivity contribution in [3.05, 3.63) is 128 Å². The molecule has 0 amide bonds. The molecule has 17 nitrogen and oxygen atoms in total. The fourth-order valence-electron chi connectivity index (χ4n) is 9.14. The minimum absolute atomic E-state index is 0.756.